The summed E-state index contributed by atoms with van der Waals surface area (Å²) in [4.78, 5) is 44.2. The zero-order chi connectivity index (χ0) is 17.1. The lowest BCUT2D eigenvalue weighted by Crippen LogP contribution is -2.34. The largest absolute Gasteiger partial charge is 0.430 e. The lowest BCUT2D eigenvalue weighted by Gasteiger charge is -2.15. The number of hydrogen-bond acceptors (Lipinski definition) is 7. The number of allylic oxidation sites excluding steroid dienone is 3. The highest BCUT2D eigenvalue weighted by atomic mass is 32.1. The molecule has 3 rings (SSSR count). The lowest BCUT2D eigenvalue weighted by atomic mass is 9.96. The second-order valence-corrected chi connectivity index (χ2v) is 5.90. The molecular weight excluding hydrogens is 328 g/mol. The number of cyclic esters (lactones) is 1. The van der Waals surface area contributed by atoms with E-state index in [4.69, 9.17) is 4.74 Å². The van der Waals surface area contributed by atoms with E-state index in [1.165, 1.54) is 30.4 Å². The molecule has 0 saturated carbocycles. The van der Waals surface area contributed by atoms with Crippen LogP contribution in [0.25, 0.3) is 16.8 Å². The molecule has 0 fully saturated rings. The molecule has 0 spiro atoms. The fraction of sp³-hybridized carbons (Fsp3) is 0.118. The Kier molecular flexibility index (Phi) is 4.43. The molecule has 1 atom stereocenters. The predicted molar refractivity (Wildman–Crippen MR) is 87.7 cm³/mol. The van der Waals surface area contributed by atoms with Gasteiger partial charge in [-0.3, -0.25) is 19.4 Å². The fourth-order valence-corrected chi connectivity index (χ4v) is 2.90. The standard InChI is InChI=1S/C17H12N2O4S/c1-10-8-14(21)15(17(22)23-10)13(20)6-5-11-9-24-16(19-11)12-4-2-3-7-18-12/h2-9,15H,1H3/b6-5+/t15-/m0/s1. The Morgan fingerprint density at radius 1 is 1.33 bits per heavy atom. The first-order chi connectivity index (χ1) is 11.5. The van der Waals surface area contributed by atoms with Crippen molar-refractivity contribution in [3.63, 3.8) is 0 Å². The second kappa shape index (κ2) is 6.67. The summed E-state index contributed by atoms with van der Waals surface area (Å²) in [7, 11) is 0. The summed E-state index contributed by atoms with van der Waals surface area (Å²) in [6.45, 7) is 1.49. The Bertz CT molecular complexity index is 868. The average Bonchev–Trinajstić information content (AvgIpc) is 3.02. The topological polar surface area (TPSA) is 86.2 Å². The van der Waals surface area contributed by atoms with Crippen molar-refractivity contribution in [3.05, 3.63) is 53.4 Å². The molecule has 6 nitrogen and oxygen atoms in total. The quantitative estimate of drug-likeness (QED) is 0.483. The van der Waals surface area contributed by atoms with Crippen LogP contribution in [0.15, 0.2) is 47.7 Å². The molecule has 0 unspecified atom stereocenters. The van der Waals surface area contributed by atoms with E-state index in [1.807, 2.05) is 18.2 Å². The highest BCUT2D eigenvalue weighted by Crippen LogP contribution is 2.22. The fourth-order valence-electron chi connectivity index (χ4n) is 2.14. The first kappa shape index (κ1) is 15.9. The Labute approximate surface area is 141 Å². The maximum absolute atomic E-state index is 12.1. The average molecular weight is 340 g/mol. The van der Waals surface area contributed by atoms with E-state index in [0.717, 1.165) is 16.8 Å². The molecule has 1 aliphatic rings. The van der Waals surface area contributed by atoms with Crippen LogP contribution in [0.4, 0.5) is 0 Å². The number of rotatable bonds is 4. The van der Waals surface area contributed by atoms with Crippen LogP contribution in [0, 0.1) is 5.92 Å². The Hall–Kier alpha value is -2.93. The van der Waals surface area contributed by atoms with Crippen LogP contribution in [-0.4, -0.2) is 27.5 Å². The van der Waals surface area contributed by atoms with Gasteiger partial charge in [0.1, 0.15) is 10.8 Å². The zero-order valence-electron chi connectivity index (χ0n) is 12.6. The second-order valence-electron chi connectivity index (χ2n) is 5.04. The van der Waals surface area contributed by atoms with Crippen molar-refractivity contribution < 1.29 is 19.1 Å². The Balaban J connectivity index is 1.75. The van der Waals surface area contributed by atoms with Crippen LogP contribution in [0.3, 0.4) is 0 Å². The van der Waals surface area contributed by atoms with Crippen molar-refractivity contribution in [1.82, 2.24) is 9.97 Å². The smallest absolute Gasteiger partial charge is 0.329 e. The van der Waals surface area contributed by atoms with Crippen molar-refractivity contribution in [1.29, 1.82) is 0 Å². The van der Waals surface area contributed by atoms with Crippen molar-refractivity contribution in [2.75, 3.05) is 0 Å². The van der Waals surface area contributed by atoms with Gasteiger partial charge in [-0.15, -0.1) is 11.3 Å². The van der Waals surface area contributed by atoms with E-state index in [2.05, 4.69) is 9.97 Å². The molecule has 0 aromatic carbocycles. The number of carbonyl (C=O) groups is 3. The molecule has 2 aromatic rings. The molecule has 0 saturated heterocycles. The number of hydrogen-bond donors (Lipinski definition) is 0. The number of pyridine rings is 1. The van der Waals surface area contributed by atoms with Crippen molar-refractivity contribution >= 4 is 34.9 Å². The van der Waals surface area contributed by atoms with E-state index in [0.29, 0.717) is 5.69 Å². The molecule has 7 heteroatoms. The number of ketones is 2. The zero-order valence-corrected chi connectivity index (χ0v) is 13.4. The maximum atomic E-state index is 12.1. The molecule has 3 heterocycles. The lowest BCUT2D eigenvalue weighted by molar-refractivity contribution is -0.151. The van der Waals surface area contributed by atoms with Gasteiger partial charge in [0, 0.05) is 17.7 Å². The molecule has 0 radical (unpaired) electrons. The maximum Gasteiger partial charge on any atom is 0.329 e. The molecule has 0 amide bonds. The molecule has 1 aliphatic heterocycles. The summed E-state index contributed by atoms with van der Waals surface area (Å²) in [5.74, 6) is -3.27. The van der Waals surface area contributed by atoms with E-state index in [-0.39, 0.29) is 5.76 Å². The summed E-state index contributed by atoms with van der Waals surface area (Å²) in [6.07, 6.45) is 5.47. The van der Waals surface area contributed by atoms with Crippen LogP contribution < -0.4 is 0 Å². The van der Waals surface area contributed by atoms with Crippen molar-refractivity contribution in [2.24, 2.45) is 5.92 Å². The molecule has 24 heavy (non-hydrogen) atoms. The van der Waals surface area contributed by atoms with Gasteiger partial charge in [0.05, 0.1) is 11.4 Å². The van der Waals surface area contributed by atoms with Crippen LogP contribution in [0.5, 0.6) is 0 Å². The number of esters is 1. The van der Waals surface area contributed by atoms with Gasteiger partial charge in [-0.05, 0) is 31.2 Å². The van der Waals surface area contributed by atoms with Crippen molar-refractivity contribution in [2.45, 2.75) is 6.92 Å². The highest BCUT2D eigenvalue weighted by molar-refractivity contribution is 7.13. The van der Waals surface area contributed by atoms with Gasteiger partial charge >= 0.3 is 5.97 Å². The highest BCUT2D eigenvalue weighted by Gasteiger charge is 2.36. The van der Waals surface area contributed by atoms with Gasteiger partial charge in [0.25, 0.3) is 0 Å². The van der Waals surface area contributed by atoms with E-state index in [1.54, 1.807) is 11.6 Å². The van der Waals surface area contributed by atoms with E-state index in [9.17, 15) is 14.4 Å². The SMILES string of the molecule is CC1=CC(=O)[C@H](C(=O)/C=C/c2csc(-c3ccccn3)n2)C(=O)O1. The molecule has 0 bridgehead atoms. The van der Waals surface area contributed by atoms with Gasteiger partial charge in [-0.1, -0.05) is 6.07 Å². The summed E-state index contributed by atoms with van der Waals surface area (Å²) in [6, 6.07) is 5.51. The molecular formula is C17H12N2O4S. The summed E-state index contributed by atoms with van der Waals surface area (Å²) < 4.78 is 4.83. The van der Waals surface area contributed by atoms with Gasteiger partial charge in [0.2, 0.25) is 0 Å². The normalized spacial score (nSPS) is 17.7. The van der Waals surface area contributed by atoms with E-state index >= 15 is 0 Å². The van der Waals surface area contributed by atoms with Gasteiger partial charge < -0.3 is 4.74 Å². The van der Waals surface area contributed by atoms with Crippen LogP contribution in [-0.2, 0) is 19.1 Å². The minimum absolute atomic E-state index is 0.192. The number of thiazole rings is 1. The number of aromatic nitrogens is 2. The van der Waals surface area contributed by atoms with Crippen molar-refractivity contribution in [3.8, 4) is 10.7 Å². The van der Waals surface area contributed by atoms with Gasteiger partial charge in [0.15, 0.2) is 17.5 Å². The predicted octanol–water partition coefficient (Wildman–Crippen LogP) is 2.43. The van der Waals surface area contributed by atoms with Gasteiger partial charge in [-0.2, -0.15) is 0 Å². The minimum Gasteiger partial charge on any atom is -0.430 e. The first-order valence-corrected chi connectivity index (χ1v) is 7.95. The first-order valence-electron chi connectivity index (χ1n) is 7.07. The molecule has 0 aliphatic carbocycles. The van der Waals surface area contributed by atoms with Crippen LogP contribution in [0.2, 0.25) is 0 Å². The molecule has 2 aromatic heterocycles. The summed E-state index contributed by atoms with van der Waals surface area (Å²) in [5, 5.41) is 2.48. The molecule has 120 valence electrons. The third-order valence-corrected chi connectivity index (χ3v) is 4.12. The number of carbonyl (C=O) groups excluding carboxylic acids is 3. The third kappa shape index (κ3) is 3.36. The number of ether oxygens (including phenoxy) is 1. The monoisotopic (exact) mass is 340 g/mol. The van der Waals surface area contributed by atoms with Gasteiger partial charge in [-0.25, -0.2) is 4.98 Å². The van der Waals surface area contributed by atoms with Crippen LogP contribution in [0.1, 0.15) is 12.6 Å². The summed E-state index contributed by atoms with van der Waals surface area (Å²) >= 11 is 1.39. The summed E-state index contributed by atoms with van der Waals surface area (Å²) in [5.41, 5.74) is 1.29. The third-order valence-electron chi connectivity index (χ3n) is 3.24. The Morgan fingerprint density at radius 2 is 2.17 bits per heavy atom. The minimum atomic E-state index is -1.43. The number of nitrogens with zero attached hydrogens (tertiary/aromatic N) is 2. The molecule has 0 N–H and O–H groups in total. The Morgan fingerprint density at radius 3 is 2.88 bits per heavy atom. The van der Waals surface area contributed by atoms with E-state index < -0.39 is 23.5 Å². The van der Waals surface area contributed by atoms with Crippen LogP contribution >= 0.6 is 11.3 Å².